The first-order valence-corrected chi connectivity index (χ1v) is 12.4. The van der Waals surface area contributed by atoms with Gasteiger partial charge in [-0.15, -0.1) is 0 Å². The first kappa shape index (κ1) is 22.6. The Labute approximate surface area is 211 Å². The van der Waals surface area contributed by atoms with E-state index in [1.165, 1.54) is 5.69 Å². The predicted molar refractivity (Wildman–Crippen MR) is 138 cm³/mol. The van der Waals surface area contributed by atoms with Crippen molar-refractivity contribution < 1.29 is 9.53 Å². The van der Waals surface area contributed by atoms with Gasteiger partial charge in [-0.05, 0) is 54.4 Å². The molecule has 1 N–H and O–H groups in total. The molecular weight excluding hydrogens is 450 g/mol. The molecule has 0 aliphatic carbocycles. The van der Waals surface area contributed by atoms with Gasteiger partial charge in [0.25, 0.3) is 5.91 Å². The molecule has 1 atom stereocenters. The first-order chi connectivity index (χ1) is 17.5. The van der Waals surface area contributed by atoms with Crippen molar-refractivity contribution in [2.24, 2.45) is 5.41 Å². The van der Waals surface area contributed by atoms with Gasteiger partial charge in [-0.3, -0.25) is 9.78 Å². The maximum atomic E-state index is 12.9. The number of hydrogen-bond donors (Lipinski definition) is 1. The number of rotatable bonds is 5. The number of fused-ring (bicyclic) bond motifs is 1. The van der Waals surface area contributed by atoms with Crippen LogP contribution in [0.5, 0.6) is 0 Å². The highest BCUT2D eigenvalue weighted by Gasteiger charge is 2.51. The van der Waals surface area contributed by atoms with Crippen molar-refractivity contribution in [3.63, 3.8) is 0 Å². The minimum Gasteiger partial charge on any atom is -0.375 e. The quantitative estimate of drug-likeness (QED) is 0.602. The zero-order chi connectivity index (χ0) is 24.8. The molecule has 0 radical (unpaired) electrons. The summed E-state index contributed by atoms with van der Waals surface area (Å²) < 4.78 is 5.56. The van der Waals surface area contributed by atoms with Crippen LogP contribution >= 0.6 is 0 Å². The van der Waals surface area contributed by atoms with Crippen LogP contribution < -0.4 is 15.1 Å². The molecule has 7 heteroatoms. The van der Waals surface area contributed by atoms with Gasteiger partial charge in [0.2, 0.25) is 0 Å². The molecule has 0 bridgehead atoms. The Balaban J connectivity index is 1.06. The van der Waals surface area contributed by atoms with Crippen LogP contribution in [-0.4, -0.2) is 43.7 Å². The smallest absolute Gasteiger partial charge is 0.251 e. The lowest BCUT2D eigenvalue weighted by Crippen LogP contribution is -2.72. The number of pyridine rings is 1. The third-order valence-corrected chi connectivity index (χ3v) is 7.68. The highest BCUT2D eigenvalue weighted by atomic mass is 16.5. The Morgan fingerprint density at radius 3 is 2.56 bits per heavy atom. The number of nitrogens with one attached hydrogen (secondary N) is 1. The summed E-state index contributed by atoms with van der Waals surface area (Å²) in [7, 11) is 0. The molecule has 182 valence electrons. The SMILES string of the molecule is C[C@@]1(C#N)COCc2ccc(C(=O)NCc3cc(N4CC5(CN(c6ccccc6)C5)C4)ccn3)cc21. The van der Waals surface area contributed by atoms with Crippen LogP contribution in [0.3, 0.4) is 0 Å². The van der Waals surface area contributed by atoms with Crippen LogP contribution in [0.15, 0.2) is 66.9 Å². The third kappa shape index (κ3) is 3.98. The van der Waals surface area contributed by atoms with E-state index in [1.807, 2.05) is 31.3 Å². The lowest BCUT2D eigenvalue weighted by atomic mass is 9.72. The molecule has 2 saturated heterocycles. The normalized spacial score (nSPS) is 21.7. The number of hydrogen-bond acceptors (Lipinski definition) is 6. The Bertz CT molecular complexity index is 1340. The number of amides is 1. The van der Waals surface area contributed by atoms with Crippen LogP contribution in [0.4, 0.5) is 11.4 Å². The van der Waals surface area contributed by atoms with Gasteiger partial charge in [0, 0.05) is 54.7 Å². The standard InChI is InChI=1S/C29H29N5O2/c1-28(15-30)20-36-14-22-8-7-21(11-26(22)28)27(35)32-13-23-12-25(9-10-31-23)34-18-29(19-34)16-33(17-29)24-5-3-2-4-6-24/h2-12H,13-14,16-20H2,1H3,(H,32,35)/t28-/m1/s1. The topological polar surface area (TPSA) is 81.5 Å². The van der Waals surface area contributed by atoms with Gasteiger partial charge < -0.3 is 19.9 Å². The molecular formula is C29H29N5O2. The highest BCUT2D eigenvalue weighted by molar-refractivity contribution is 5.94. The van der Waals surface area contributed by atoms with Crippen LogP contribution in [0.1, 0.15) is 34.1 Å². The van der Waals surface area contributed by atoms with Crippen molar-refractivity contribution in [1.82, 2.24) is 10.3 Å². The molecule has 1 amide bonds. The summed E-state index contributed by atoms with van der Waals surface area (Å²) in [5, 5.41) is 12.6. The van der Waals surface area contributed by atoms with E-state index in [4.69, 9.17) is 4.74 Å². The largest absolute Gasteiger partial charge is 0.375 e. The summed E-state index contributed by atoms with van der Waals surface area (Å²) in [6.07, 6.45) is 1.82. The van der Waals surface area contributed by atoms with E-state index < -0.39 is 5.41 Å². The molecule has 1 spiro atoms. The van der Waals surface area contributed by atoms with E-state index in [-0.39, 0.29) is 5.91 Å². The van der Waals surface area contributed by atoms with Gasteiger partial charge in [0.15, 0.2) is 0 Å². The second-order valence-electron chi connectivity index (χ2n) is 10.5. The van der Waals surface area contributed by atoms with Gasteiger partial charge in [0.05, 0.1) is 31.5 Å². The number of nitrogens with zero attached hydrogens (tertiary/aromatic N) is 4. The zero-order valence-corrected chi connectivity index (χ0v) is 20.4. The Kier molecular flexibility index (Phi) is 5.42. The van der Waals surface area contributed by atoms with Crippen LogP contribution in [-0.2, 0) is 23.3 Å². The molecule has 2 fully saturated rings. The van der Waals surface area contributed by atoms with E-state index in [9.17, 15) is 10.1 Å². The van der Waals surface area contributed by atoms with Crippen molar-refractivity contribution in [2.75, 3.05) is 42.6 Å². The summed E-state index contributed by atoms with van der Waals surface area (Å²) in [6.45, 7) is 7.28. The molecule has 0 unspecified atom stereocenters. The average Bonchev–Trinajstić information content (AvgIpc) is 2.86. The van der Waals surface area contributed by atoms with Crippen molar-refractivity contribution in [1.29, 1.82) is 5.26 Å². The summed E-state index contributed by atoms with van der Waals surface area (Å²) >= 11 is 0. The van der Waals surface area contributed by atoms with E-state index in [0.29, 0.717) is 30.7 Å². The van der Waals surface area contributed by atoms with Crippen molar-refractivity contribution >= 4 is 17.3 Å². The average molecular weight is 480 g/mol. The molecule has 3 aliphatic rings. The van der Waals surface area contributed by atoms with Crippen LogP contribution in [0, 0.1) is 16.7 Å². The summed E-state index contributed by atoms with van der Waals surface area (Å²) in [5.74, 6) is -0.171. The summed E-state index contributed by atoms with van der Waals surface area (Å²) in [4.78, 5) is 22.2. The van der Waals surface area contributed by atoms with Crippen molar-refractivity contribution in [2.45, 2.75) is 25.5 Å². The van der Waals surface area contributed by atoms with Gasteiger partial charge in [-0.1, -0.05) is 24.3 Å². The van der Waals surface area contributed by atoms with Crippen LogP contribution in [0.25, 0.3) is 0 Å². The third-order valence-electron chi connectivity index (χ3n) is 7.68. The molecule has 7 nitrogen and oxygen atoms in total. The predicted octanol–water partition coefficient (Wildman–Crippen LogP) is 3.65. The number of benzene rings is 2. The van der Waals surface area contributed by atoms with Gasteiger partial charge in [-0.2, -0.15) is 5.26 Å². The zero-order valence-electron chi connectivity index (χ0n) is 20.4. The molecule has 6 rings (SSSR count). The number of para-hydroxylation sites is 1. The Hall–Kier alpha value is -3.89. The molecule has 3 aromatic rings. The molecule has 4 heterocycles. The minimum atomic E-state index is -0.743. The molecule has 1 aromatic heterocycles. The number of carbonyl (C=O) groups excluding carboxylic acids is 1. The summed E-state index contributed by atoms with van der Waals surface area (Å²) in [5.41, 5.74) is 5.29. The summed E-state index contributed by atoms with van der Waals surface area (Å²) in [6, 6.07) is 22.5. The molecule has 36 heavy (non-hydrogen) atoms. The van der Waals surface area contributed by atoms with E-state index in [1.54, 1.807) is 6.07 Å². The van der Waals surface area contributed by atoms with Gasteiger partial charge in [0.1, 0.15) is 5.41 Å². The number of carbonyl (C=O) groups is 1. The molecule has 3 aliphatic heterocycles. The lowest BCUT2D eigenvalue weighted by molar-refractivity contribution is 0.0757. The minimum absolute atomic E-state index is 0.171. The van der Waals surface area contributed by atoms with E-state index in [2.05, 4.69) is 62.6 Å². The monoisotopic (exact) mass is 479 g/mol. The number of nitriles is 1. The fourth-order valence-electron chi connectivity index (χ4n) is 5.66. The highest BCUT2D eigenvalue weighted by Crippen LogP contribution is 2.43. The molecule has 0 saturated carbocycles. The Morgan fingerprint density at radius 2 is 1.81 bits per heavy atom. The maximum absolute atomic E-state index is 12.9. The van der Waals surface area contributed by atoms with Crippen molar-refractivity contribution in [3.8, 4) is 6.07 Å². The second-order valence-corrected chi connectivity index (χ2v) is 10.5. The fourth-order valence-corrected chi connectivity index (χ4v) is 5.66. The lowest BCUT2D eigenvalue weighted by Gasteiger charge is -2.61. The number of aromatic nitrogens is 1. The van der Waals surface area contributed by atoms with Gasteiger partial charge in [-0.25, -0.2) is 0 Å². The number of ether oxygens (including phenoxy) is 1. The first-order valence-electron chi connectivity index (χ1n) is 12.4. The van der Waals surface area contributed by atoms with Gasteiger partial charge >= 0.3 is 0 Å². The molecule has 2 aromatic carbocycles. The Morgan fingerprint density at radius 1 is 1.06 bits per heavy atom. The van der Waals surface area contributed by atoms with E-state index in [0.717, 1.165) is 48.7 Å². The van der Waals surface area contributed by atoms with Crippen LogP contribution in [0.2, 0.25) is 0 Å². The second kappa shape index (κ2) is 8.65. The fraction of sp³-hybridized carbons (Fsp3) is 0.345. The number of anilines is 2. The van der Waals surface area contributed by atoms with E-state index >= 15 is 0 Å². The van der Waals surface area contributed by atoms with Crippen molar-refractivity contribution in [3.05, 3.63) is 89.2 Å². The maximum Gasteiger partial charge on any atom is 0.251 e.